The molecule has 1 aromatic rings. The molecular formula is C19H22Cl3NO. The highest BCUT2D eigenvalue weighted by atomic mass is 35.5. The number of alkyl halides is 1. The Balaban J connectivity index is 2.13. The van der Waals surface area contributed by atoms with Crippen molar-refractivity contribution >= 4 is 40.7 Å². The maximum atomic E-state index is 11.6. The summed E-state index contributed by atoms with van der Waals surface area (Å²) in [6.07, 6.45) is 6.37. The van der Waals surface area contributed by atoms with Gasteiger partial charge in [-0.05, 0) is 36.0 Å². The maximum absolute atomic E-state index is 11.6. The van der Waals surface area contributed by atoms with Crippen molar-refractivity contribution in [3.63, 3.8) is 0 Å². The van der Waals surface area contributed by atoms with Crippen LogP contribution in [-0.2, 0) is 4.79 Å². The molecule has 3 unspecified atom stereocenters. The van der Waals surface area contributed by atoms with Crippen molar-refractivity contribution in [2.45, 2.75) is 38.0 Å². The predicted molar refractivity (Wildman–Crippen MR) is 103 cm³/mol. The summed E-state index contributed by atoms with van der Waals surface area (Å²) < 4.78 is 0. The molecule has 1 aliphatic rings. The number of hydrogen-bond donors (Lipinski definition) is 1. The first-order valence-electron chi connectivity index (χ1n) is 7.99. The fourth-order valence-electron chi connectivity index (χ4n) is 2.69. The van der Waals surface area contributed by atoms with Crippen LogP contribution in [0.5, 0.6) is 0 Å². The summed E-state index contributed by atoms with van der Waals surface area (Å²) in [5.41, 5.74) is 7.18. The molecule has 1 aliphatic carbocycles. The molecule has 0 bridgehead atoms. The van der Waals surface area contributed by atoms with Crippen LogP contribution in [0.25, 0.3) is 0 Å². The van der Waals surface area contributed by atoms with Crippen LogP contribution in [0.1, 0.15) is 38.7 Å². The zero-order chi connectivity index (χ0) is 18.1. The SMILES string of the molecule is CC(C)C(C)/C(=C\C=C\C1(Cl)CC1c1ccc(Cl)c(Cl)c1)C(N)=O. The van der Waals surface area contributed by atoms with Crippen LogP contribution >= 0.6 is 34.8 Å². The number of allylic oxidation sites excluding steroid dienone is 3. The second-order valence-electron chi connectivity index (χ2n) is 6.74. The number of nitrogens with two attached hydrogens (primary N) is 1. The van der Waals surface area contributed by atoms with Gasteiger partial charge < -0.3 is 5.73 Å². The summed E-state index contributed by atoms with van der Waals surface area (Å²) in [7, 11) is 0. The van der Waals surface area contributed by atoms with Crippen molar-refractivity contribution in [3.05, 3.63) is 57.6 Å². The summed E-state index contributed by atoms with van der Waals surface area (Å²) in [6.45, 7) is 6.13. The molecule has 5 heteroatoms. The molecule has 0 aliphatic heterocycles. The molecule has 1 saturated carbocycles. The summed E-state index contributed by atoms with van der Waals surface area (Å²) >= 11 is 18.7. The third-order valence-electron chi connectivity index (χ3n) is 4.71. The minimum atomic E-state index is -0.447. The Hall–Kier alpha value is -0.960. The molecule has 3 atom stereocenters. The molecule has 0 aromatic heterocycles. The monoisotopic (exact) mass is 385 g/mol. The van der Waals surface area contributed by atoms with E-state index in [0.29, 0.717) is 21.5 Å². The first-order chi connectivity index (χ1) is 11.2. The lowest BCUT2D eigenvalue weighted by Gasteiger charge is -2.16. The van der Waals surface area contributed by atoms with Crippen LogP contribution in [0, 0.1) is 11.8 Å². The number of amides is 1. The van der Waals surface area contributed by atoms with Gasteiger partial charge in [0.15, 0.2) is 0 Å². The topological polar surface area (TPSA) is 43.1 Å². The van der Waals surface area contributed by atoms with E-state index < -0.39 is 4.87 Å². The number of carbonyl (C=O) groups is 1. The van der Waals surface area contributed by atoms with Crippen molar-refractivity contribution in [1.82, 2.24) is 0 Å². The van der Waals surface area contributed by atoms with Crippen LogP contribution < -0.4 is 5.73 Å². The highest BCUT2D eigenvalue weighted by Gasteiger charge is 2.51. The van der Waals surface area contributed by atoms with E-state index in [0.717, 1.165) is 12.0 Å². The summed E-state index contributed by atoms with van der Waals surface area (Å²) in [5.74, 6) is 0.245. The van der Waals surface area contributed by atoms with Gasteiger partial charge >= 0.3 is 0 Å². The molecule has 1 aromatic carbocycles. The van der Waals surface area contributed by atoms with E-state index in [1.807, 2.05) is 31.2 Å². The van der Waals surface area contributed by atoms with Crippen molar-refractivity contribution in [3.8, 4) is 0 Å². The summed E-state index contributed by atoms with van der Waals surface area (Å²) in [5, 5.41) is 1.07. The Morgan fingerprint density at radius 1 is 1.29 bits per heavy atom. The highest BCUT2D eigenvalue weighted by Crippen LogP contribution is 2.58. The van der Waals surface area contributed by atoms with E-state index in [2.05, 4.69) is 13.8 Å². The molecule has 0 spiro atoms. The van der Waals surface area contributed by atoms with Gasteiger partial charge in [0.1, 0.15) is 0 Å². The van der Waals surface area contributed by atoms with Crippen molar-refractivity contribution in [2.24, 2.45) is 17.6 Å². The number of halogens is 3. The standard InChI is InChI=1S/C19H22Cl3NO/c1-11(2)12(3)14(18(23)24)5-4-8-19(22)10-15(19)13-6-7-16(20)17(21)9-13/h4-9,11-12,15H,10H2,1-3H3,(H2,23,24)/b8-4+,14-5+. The Morgan fingerprint density at radius 3 is 2.50 bits per heavy atom. The van der Waals surface area contributed by atoms with Crippen LogP contribution in [0.2, 0.25) is 10.0 Å². The van der Waals surface area contributed by atoms with Crippen molar-refractivity contribution < 1.29 is 4.79 Å². The van der Waals surface area contributed by atoms with E-state index >= 15 is 0 Å². The fraction of sp³-hybridized carbons (Fsp3) is 0.421. The van der Waals surface area contributed by atoms with Gasteiger partial charge in [0, 0.05) is 11.5 Å². The maximum Gasteiger partial charge on any atom is 0.244 e. The second-order valence-corrected chi connectivity index (χ2v) is 8.25. The van der Waals surface area contributed by atoms with E-state index in [1.54, 1.807) is 12.1 Å². The van der Waals surface area contributed by atoms with Gasteiger partial charge in [0.25, 0.3) is 0 Å². The van der Waals surface area contributed by atoms with E-state index in [4.69, 9.17) is 40.5 Å². The van der Waals surface area contributed by atoms with Gasteiger partial charge in [-0.2, -0.15) is 0 Å². The molecule has 1 fully saturated rings. The molecular weight excluding hydrogens is 365 g/mol. The minimum Gasteiger partial charge on any atom is -0.366 e. The van der Waals surface area contributed by atoms with E-state index in [1.165, 1.54) is 0 Å². The Bertz CT molecular complexity index is 696. The largest absolute Gasteiger partial charge is 0.366 e. The van der Waals surface area contributed by atoms with Crippen LogP contribution in [0.15, 0.2) is 42.0 Å². The zero-order valence-electron chi connectivity index (χ0n) is 14.0. The molecule has 0 saturated heterocycles. The van der Waals surface area contributed by atoms with Crippen LogP contribution in [-0.4, -0.2) is 10.8 Å². The molecule has 2 rings (SSSR count). The van der Waals surface area contributed by atoms with Gasteiger partial charge in [0.2, 0.25) is 5.91 Å². The second kappa shape index (κ2) is 7.51. The van der Waals surface area contributed by atoms with Gasteiger partial charge in [-0.15, -0.1) is 11.6 Å². The van der Waals surface area contributed by atoms with Crippen molar-refractivity contribution in [1.29, 1.82) is 0 Å². The number of hydrogen-bond acceptors (Lipinski definition) is 1. The molecule has 24 heavy (non-hydrogen) atoms. The number of carbonyl (C=O) groups excluding carboxylic acids is 1. The van der Waals surface area contributed by atoms with Gasteiger partial charge in [-0.3, -0.25) is 4.79 Å². The zero-order valence-corrected chi connectivity index (χ0v) is 16.3. The quantitative estimate of drug-likeness (QED) is 0.379. The van der Waals surface area contributed by atoms with Gasteiger partial charge in [-0.1, -0.05) is 68.3 Å². The fourth-order valence-corrected chi connectivity index (χ4v) is 3.35. The molecule has 130 valence electrons. The Morgan fingerprint density at radius 2 is 1.96 bits per heavy atom. The lowest BCUT2D eigenvalue weighted by Crippen LogP contribution is -2.22. The van der Waals surface area contributed by atoms with Gasteiger partial charge in [0.05, 0.1) is 14.9 Å². The molecule has 2 N–H and O–H groups in total. The van der Waals surface area contributed by atoms with E-state index in [9.17, 15) is 4.79 Å². The third-order valence-corrected chi connectivity index (χ3v) is 5.99. The predicted octanol–water partition coefficient (Wildman–Crippen LogP) is 5.72. The number of benzene rings is 1. The molecule has 1 amide bonds. The molecule has 0 radical (unpaired) electrons. The highest BCUT2D eigenvalue weighted by molar-refractivity contribution is 6.42. The normalized spacial score (nSPS) is 25.3. The Labute approximate surface area is 158 Å². The summed E-state index contributed by atoms with van der Waals surface area (Å²) in [4.78, 5) is 11.2. The Kier molecular flexibility index (Phi) is 6.06. The van der Waals surface area contributed by atoms with Crippen molar-refractivity contribution in [2.75, 3.05) is 0 Å². The van der Waals surface area contributed by atoms with Crippen LogP contribution in [0.3, 0.4) is 0 Å². The first-order valence-corrected chi connectivity index (χ1v) is 9.12. The lowest BCUT2D eigenvalue weighted by molar-refractivity contribution is -0.115. The first kappa shape index (κ1) is 19.4. The lowest BCUT2D eigenvalue weighted by atomic mass is 9.89. The van der Waals surface area contributed by atoms with Crippen LogP contribution in [0.4, 0.5) is 0 Å². The average Bonchev–Trinajstić information content (AvgIpc) is 3.17. The minimum absolute atomic E-state index is 0.100. The average molecular weight is 387 g/mol. The van der Waals surface area contributed by atoms with Gasteiger partial charge in [-0.25, -0.2) is 0 Å². The number of rotatable bonds is 6. The summed E-state index contributed by atoms with van der Waals surface area (Å²) in [6, 6.07) is 5.59. The molecule has 2 nitrogen and oxygen atoms in total. The van der Waals surface area contributed by atoms with E-state index in [-0.39, 0.29) is 17.7 Å². The smallest absolute Gasteiger partial charge is 0.244 e. The third kappa shape index (κ3) is 4.36. The molecule has 0 heterocycles. The number of primary amides is 1.